The molecule has 144 valence electrons. The number of hydrogen-bond donors (Lipinski definition) is 3. The number of nitrogens with one attached hydrogen (secondary N) is 2. The fourth-order valence-corrected chi connectivity index (χ4v) is 3.71. The van der Waals surface area contributed by atoms with Crippen LogP contribution in [0.5, 0.6) is 0 Å². The molecule has 0 saturated heterocycles. The van der Waals surface area contributed by atoms with Gasteiger partial charge in [-0.25, -0.2) is 13.1 Å². The van der Waals surface area contributed by atoms with Gasteiger partial charge < -0.3 is 10.4 Å². The lowest BCUT2D eigenvalue weighted by Gasteiger charge is -2.12. The van der Waals surface area contributed by atoms with Crippen LogP contribution in [0, 0.1) is 0 Å². The molecule has 0 aliphatic rings. The summed E-state index contributed by atoms with van der Waals surface area (Å²) in [4.78, 5) is 23.6. The molecule has 0 spiro atoms. The van der Waals surface area contributed by atoms with Gasteiger partial charge in [-0.1, -0.05) is 18.2 Å². The highest BCUT2D eigenvalue weighted by molar-refractivity contribution is 7.89. The van der Waals surface area contributed by atoms with Crippen LogP contribution in [0.1, 0.15) is 42.6 Å². The molecule has 3 N–H and O–H groups in total. The predicted molar refractivity (Wildman–Crippen MR) is 102 cm³/mol. The van der Waals surface area contributed by atoms with Crippen LogP contribution < -0.4 is 10.0 Å². The number of benzene rings is 2. The summed E-state index contributed by atoms with van der Waals surface area (Å²) in [6.07, 6.45) is 0. The van der Waals surface area contributed by atoms with Gasteiger partial charge in [-0.3, -0.25) is 9.59 Å². The second-order valence-corrected chi connectivity index (χ2v) is 8.16. The number of aliphatic carboxylic acids is 1. The van der Waals surface area contributed by atoms with Crippen molar-refractivity contribution in [3.63, 3.8) is 0 Å². The van der Waals surface area contributed by atoms with Crippen molar-refractivity contribution < 1.29 is 23.1 Å². The van der Waals surface area contributed by atoms with E-state index in [0.717, 1.165) is 0 Å². The van der Waals surface area contributed by atoms with Crippen molar-refractivity contribution in [3.8, 4) is 0 Å². The minimum absolute atomic E-state index is 0.00269. The van der Waals surface area contributed by atoms with Crippen molar-refractivity contribution in [1.82, 2.24) is 4.72 Å². The molecule has 2 aromatic rings. The van der Waals surface area contributed by atoms with Crippen LogP contribution in [0.3, 0.4) is 0 Å². The lowest BCUT2D eigenvalue weighted by atomic mass is 10.0. The minimum atomic E-state index is -3.71. The zero-order valence-corrected chi connectivity index (χ0v) is 16.1. The van der Waals surface area contributed by atoms with Crippen LogP contribution in [0.4, 0.5) is 5.69 Å². The number of carbonyl (C=O) groups excluding carboxylic acids is 1. The molecule has 0 fully saturated rings. The molecule has 1 unspecified atom stereocenters. The number of anilines is 1. The first-order chi connectivity index (χ1) is 12.6. The fourth-order valence-electron chi connectivity index (χ4n) is 2.41. The van der Waals surface area contributed by atoms with Gasteiger partial charge in [0.15, 0.2) is 0 Å². The summed E-state index contributed by atoms with van der Waals surface area (Å²) in [6, 6.07) is 12.0. The SMILES string of the molecule is CC(C)NS(=O)(=O)c1cccc(C(=O)Nc2cccc(C(C)C(=O)O)c2)c1. The average molecular weight is 390 g/mol. The molecule has 7 nitrogen and oxygen atoms in total. The molecule has 0 aliphatic heterocycles. The minimum Gasteiger partial charge on any atom is -0.481 e. The Bertz CT molecular complexity index is 954. The molecule has 1 amide bonds. The first kappa shape index (κ1) is 20.6. The maximum atomic E-state index is 12.5. The third-order valence-electron chi connectivity index (χ3n) is 3.81. The largest absolute Gasteiger partial charge is 0.481 e. The normalized spacial score (nSPS) is 12.6. The summed E-state index contributed by atoms with van der Waals surface area (Å²) >= 11 is 0. The van der Waals surface area contributed by atoms with Crippen molar-refractivity contribution in [1.29, 1.82) is 0 Å². The second-order valence-electron chi connectivity index (χ2n) is 6.44. The van der Waals surface area contributed by atoms with Gasteiger partial charge in [0.05, 0.1) is 10.8 Å². The number of rotatable bonds is 7. The molecule has 0 radical (unpaired) electrons. The van der Waals surface area contributed by atoms with Gasteiger partial charge in [0.25, 0.3) is 5.91 Å². The topological polar surface area (TPSA) is 113 Å². The van der Waals surface area contributed by atoms with Crippen LogP contribution in [0.25, 0.3) is 0 Å². The highest BCUT2D eigenvalue weighted by Crippen LogP contribution is 2.20. The van der Waals surface area contributed by atoms with Crippen LogP contribution in [-0.2, 0) is 14.8 Å². The zero-order chi connectivity index (χ0) is 20.2. The molecule has 8 heteroatoms. The van der Waals surface area contributed by atoms with Gasteiger partial charge >= 0.3 is 5.97 Å². The highest BCUT2D eigenvalue weighted by Gasteiger charge is 2.18. The van der Waals surface area contributed by atoms with Crippen molar-refractivity contribution >= 4 is 27.6 Å². The Morgan fingerprint density at radius 3 is 2.30 bits per heavy atom. The first-order valence-electron chi connectivity index (χ1n) is 8.36. The third kappa shape index (κ3) is 5.38. The van der Waals surface area contributed by atoms with E-state index in [1.165, 1.54) is 24.3 Å². The van der Waals surface area contributed by atoms with E-state index in [1.807, 2.05) is 0 Å². The summed E-state index contributed by atoms with van der Waals surface area (Å²) in [7, 11) is -3.71. The zero-order valence-electron chi connectivity index (χ0n) is 15.3. The summed E-state index contributed by atoms with van der Waals surface area (Å²) in [5.74, 6) is -2.16. The molecular weight excluding hydrogens is 368 g/mol. The van der Waals surface area contributed by atoms with Crippen LogP contribution in [0.15, 0.2) is 53.4 Å². The average Bonchev–Trinajstić information content (AvgIpc) is 2.60. The lowest BCUT2D eigenvalue weighted by molar-refractivity contribution is -0.138. The highest BCUT2D eigenvalue weighted by atomic mass is 32.2. The fraction of sp³-hybridized carbons (Fsp3) is 0.263. The van der Waals surface area contributed by atoms with Crippen LogP contribution >= 0.6 is 0 Å². The molecule has 0 bridgehead atoms. The van der Waals surface area contributed by atoms with Gasteiger partial charge in [-0.05, 0) is 56.7 Å². The quantitative estimate of drug-likeness (QED) is 0.673. The molecule has 0 aliphatic carbocycles. The number of hydrogen-bond acceptors (Lipinski definition) is 4. The maximum Gasteiger partial charge on any atom is 0.310 e. The van der Waals surface area contributed by atoms with Crippen molar-refractivity contribution in [2.45, 2.75) is 37.6 Å². The van der Waals surface area contributed by atoms with Crippen LogP contribution in [-0.4, -0.2) is 31.4 Å². The van der Waals surface area contributed by atoms with E-state index in [2.05, 4.69) is 10.0 Å². The summed E-state index contributed by atoms with van der Waals surface area (Å²) in [6.45, 7) is 4.97. The standard InChI is InChI=1S/C19H22N2O5S/c1-12(2)21-27(25,26)17-9-5-7-15(11-17)18(22)20-16-8-4-6-14(10-16)13(3)19(23)24/h4-13,21H,1-3H3,(H,20,22)(H,23,24). The van der Waals surface area contributed by atoms with E-state index in [0.29, 0.717) is 11.3 Å². The molecule has 27 heavy (non-hydrogen) atoms. The van der Waals surface area contributed by atoms with E-state index in [-0.39, 0.29) is 16.5 Å². The van der Waals surface area contributed by atoms with Gasteiger partial charge in [0.2, 0.25) is 10.0 Å². The summed E-state index contributed by atoms with van der Waals surface area (Å²) < 4.78 is 27.0. The molecule has 0 heterocycles. The molecule has 1 atom stereocenters. The number of carboxylic acids is 1. The van der Waals surface area contributed by atoms with Crippen molar-refractivity contribution in [2.24, 2.45) is 0 Å². The Labute approximate surface area is 158 Å². The molecular formula is C19H22N2O5S. The number of sulfonamides is 1. The van der Waals surface area contributed by atoms with E-state index in [1.54, 1.807) is 45.0 Å². The van der Waals surface area contributed by atoms with E-state index < -0.39 is 27.8 Å². The number of carbonyl (C=O) groups is 2. The second kappa shape index (κ2) is 8.32. The smallest absolute Gasteiger partial charge is 0.310 e. The van der Waals surface area contributed by atoms with E-state index in [4.69, 9.17) is 5.11 Å². The van der Waals surface area contributed by atoms with Gasteiger partial charge in [-0.15, -0.1) is 0 Å². The Balaban J connectivity index is 2.23. The molecule has 0 aromatic heterocycles. The van der Waals surface area contributed by atoms with Gasteiger partial charge in [0.1, 0.15) is 0 Å². The number of amides is 1. The van der Waals surface area contributed by atoms with Crippen LogP contribution in [0.2, 0.25) is 0 Å². The Hall–Kier alpha value is -2.71. The summed E-state index contributed by atoms with van der Waals surface area (Å²) in [5, 5.41) is 11.8. The molecule has 2 rings (SSSR count). The predicted octanol–water partition coefficient (Wildman–Crippen LogP) is 2.81. The van der Waals surface area contributed by atoms with Crippen molar-refractivity contribution in [3.05, 3.63) is 59.7 Å². The lowest BCUT2D eigenvalue weighted by Crippen LogP contribution is -2.30. The summed E-state index contributed by atoms with van der Waals surface area (Å²) in [5.41, 5.74) is 1.16. The molecule has 2 aromatic carbocycles. The number of carboxylic acid groups (broad SMARTS) is 1. The molecule has 0 saturated carbocycles. The van der Waals surface area contributed by atoms with Crippen molar-refractivity contribution in [2.75, 3.05) is 5.32 Å². The Morgan fingerprint density at radius 2 is 1.67 bits per heavy atom. The first-order valence-corrected chi connectivity index (χ1v) is 9.85. The third-order valence-corrected chi connectivity index (χ3v) is 5.47. The Kier molecular flexibility index (Phi) is 6.35. The van der Waals surface area contributed by atoms with E-state index in [9.17, 15) is 18.0 Å². The van der Waals surface area contributed by atoms with Gasteiger partial charge in [0, 0.05) is 17.3 Å². The van der Waals surface area contributed by atoms with Gasteiger partial charge in [-0.2, -0.15) is 0 Å². The Morgan fingerprint density at radius 1 is 1.00 bits per heavy atom. The van der Waals surface area contributed by atoms with E-state index >= 15 is 0 Å². The monoisotopic (exact) mass is 390 g/mol. The maximum absolute atomic E-state index is 12.5.